The molecule has 0 aliphatic carbocycles. The third kappa shape index (κ3) is 4.33. The normalized spacial score (nSPS) is 19.4. The first kappa shape index (κ1) is 22.2. The minimum absolute atomic E-state index is 0.0367. The Morgan fingerprint density at radius 2 is 1.58 bits per heavy atom. The number of nitrogens with zero attached hydrogens (tertiary/aromatic N) is 2. The molecule has 8 heteroatoms. The lowest BCUT2D eigenvalue weighted by molar-refractivity contribution is -0.115. The van der Waals surface area contributed by atoms with Crippen molar-refractivity contribution in [2.24, 2.45) is 4.99 Å². The van der Waals surface area contributed by atoms with Crippen LogP contribution < -0.4 is 5.32 Å². The van der Waals surface area contributed by atoms with Crippen LogP contribution in [0.1, 0.15) is 44.7 Å². The number of aliphatic imine (C=N–C) groups is 1. The van der Waals surface area contributed by atoms with E-state index in [1.54, 1.807) is 12.1 Å². The van der Waals surface area contributed by atoms with Crippen molar-refractivity contribution in [3.05, 3.63) is 64.1 Å². The molecule has 2 aliphatic rings. The second-order valence-corrected chi connectivity index (χ2v) is 12.0. The van der Waals surface area contributed by atoms with Gasteiger partial charge in [-0.15, -0.1) is 0 Å². The quantitative estimate of drug-likeness (QED) is 0.690. The van der Waals surface area contributed by atoms with Gasteiger partial charge in [-0.05, 0) is 35.2 Å². The SMILES string of the molecule is CC(C)(C)c1ccc(S(=O)(=O)N2CCC3(CC2)N=C(c2ccc(Br)cc2)C(=O)N3)cc1. The summed E-state index contributed by atoms with van der Waals surface area (Å²) < 4.78 is 28.7. The fourth-order valence-electron chi connectivity index (χ4n) is 3.98. The van der Waals surface area contributed by atoms with E-state index < -0.39 is 15.7 Å². The fraction of sp³-hybridized carbons (Fsp3) is 0.391. The van der Waals surface area contributed by atoms with E-state index in [2.05, 4.69) is 42.0 Å². The topological polar surface area (TPSA) is 78.8 Å². The number of amides is 1. The van der Waals surface area contributed by atoms with Crippen LogP contribution in [-0.4, -0.2) is 43.1 Å². The van der Waals surface area contributed by atoms with E-state index >= 15 is 0 Å². The summed E-state index contributed by atoms with van der Waals surface area (Å²) in [6, 6.07) is 14.6. The van der Waals surface area contributed by atoms with Crippen molar-refractivity contribution in [1.29, 1.82) is 0 Å². The zero-order valence-corrected chi connectivity index (χ0v) is 20.3. The van der Waals surface area contributed by atoms with Gasteiger partial charge in [0, 0.05) is 36.0 Å². The molecule has 164 valence electrons. The monoisotopic (exact) mass is 503 g/mol. The van der Waals surface area contributed by atoms with E-state index in [0.717, 1.165) is 15.6 Å². The lowest BCUT2D eigenvalue weighted by atomic mass is 9.87. The van der Waals surface area contributed by atoms with Crippen molar-refractivity contribution in [2.75, 3.05) is 13.1 Å². The number of hydrogen-bond acceptors (Lipinski definition) is 4. The van der Waals surface area contributed by atoms with E-state index in [1.807, 2.05) is 36.4 Å². The Bertz CT molecular complexity index is 1130. The Morgan fingerprint density at radius 1 is 1.00 bits per heavy atom. The lowest BCUT2D eigenvalue weighted by Gasteiger charge is -2.36. The van der Waals surface area contributed by atoms with E-state index in [4.69, 9.17) is 4.99 Å². The van der Waals surface area contributed by atoms with Crippen molar-refractivity contribution in [3.8, 4) is 0 Å². The van der Waals surface area contributed by atoms with Crippen LogP contribution in [0.25, 0.3) is 0 Å². The lowest BCUT2D eigenvalue weighted by Crippen LogP contribution is -2.52. The van der Waals surface area contributed by atoms with Crippen LogP contribution in [0.2, 0.25) is 0 Å². The number of benzene rings is 2. The van der Waals surface area contributed by atoms with Gasteiger partial charge in [0.25, 0.3) is 5.91 Å². The summed E-state index contributed by atoms with van der Waals surface area (Å²) in [5.74, 6) is -0.212. The minimum Gasteiger partial charge on any atom is -0.326 e. The summed E-state index contributed by atoms with van der Waals surface area (Å²) in [5, 5.41) is 2.99. The molecule has 1 saturated heterocycles. The van der Waals surface area contributed by atoms with Crippen LogP contribution in [0.5, 0.6) is 0 Å². The Kier molecular flexibility index (Phi) is 5.60. The molecule has 1 fully saturated rings. The van der Waals surface area contributed by atoms with E-state index in [0.29, 0.717) is 36.5 Å². The molecular weight excluding hydrogens is 478 g/mol. The van der Waals surface area contributed by atoms with Crippen LogP contribution in [0.4, 0.5) is 0 Å². The molecule has 2 aliphatic heterocycles. The summed E-state index contributed by atoms with van der Waals surface area (Å²) in [4.78, 5) is 17.6. The maximum absolute atomic E-state index is 13.1. The van der Waals surface area contributed by atoms with Crippen molar-refractivity contribution in [2.45, 2.75) is 49.6 Å². The number of carbonyl (C=O) groups excluding carboxylic acids is 1. The molecule has 0 bridgehead atoms. The van der Waals surface area contributed by atoms with Gasteiger partial charge in [-0.2, -0.15) is 4.31 Å². The van der Waals surface area contributed by atoms with Gasteiger partial charge in [0.2, 0.25) is 10.0 Å². The van der Waals surface area contributed by atoms with Gasteiger partial charge in [-0.1, -0.05) is 61.0 Å². The maximum Gasteiger partial charge on any atom is 0.272 e. The number of nitrogens with one attached hydrogen (secondary N) is 1. The van der Waals surface area contributed by atoms with Crippen LogP contribution in [-0.2, 0) is 20.2 Å². The molecule has 4 rings (SSSR count). The number of hydrogen-bond donors (Lipinski definition) is 1. The average Bonchev–Trinajstić information content (AvgIpc) is 3.04. The molecule has 2 aromatic rings. The van der Waals surface area contributed by atoms with E-state index in [-0.39, 0.29) is 11.3 Å². The Morgan fingerprint density at radius 3 is 2.13 bits per heavy atom. The molecule has 1 N–H and O–H groups in total. The van der Waals surface area contributed by atoms with Crippen molar-refractivity contribution >= 4 is 37.6 Å². The van der Waals surface area contributed by atoms with Gasteiger partial charge >= 0.3 is 0 Å². The third-order valence-corrected chi connectivity index (χ3v) is 8.35. The van der Waals surface area contributed by atoms with Crippen LogP contribution in [0.15, 0.2) is 62.9 Å². The van der Waals surface area contributed by atoms with Crippen LogP contribution in [0, 0.1) is 0 Å². The number of carbonyl (C=O) groups is 1. The Labute approximate surface area is 191 Å². The number of sulfonamides is 1. The highest BCUT2D eigenvalue weighted by molar-refractivity contribution is 9.10. The van der Waals surface area contributed by atoms with Gasteiger partial charge in [0.1, 0.15) is 11.4 Å². The summed E-state index contributed by atoms with van der Waals surface area (Å²) in [6.45, 7) is 6.90. The molecular formula is C23H26BrN3O3S. The van der Waals surface area contributed by atoms with Crippen molar-refractivity contribution in [3.63, 3.8) is 0 Å². The smallest absolute Gasteiger partial charge is 0.272 e. The number of halogens is 1. The summed E-state index contributed by atoms with van der Waals surface area (Å²) in [6.07, 6.45) is 0.885. The van der Waals surface area contributed by atoms with Gasteiger partial charge in [-0.3, -0.25) is 9.79 Å². The predicted octanol–water partition coefficient (Wildman–Crippen LogP) is 3.85. The molecule has 0 aromatic heterocycles. The molecule has 0 radical (unpaired) electrons. The van der Waals surface area contributed by atoms with Crippen molar-refractivity contribution < 1.29 is 13.2 Å². The first-order valence-corrected chi connectivity index (χ1v) is 12.5. The Balaban J connectivity index is 1.50. The largest absolute Gasteiger partial charge is 0.326 e. The van der Waals surface area contributed by atoms with Crippen molar-refractivity contribution in [1.82, 2.24) is 9.62 Å². The minimum atomic E-state index is -3.59. The second-order valence-electron chi connectivity index (χ2n) is 9.13. The number of rotatable bonds is 3. The first-order chi connectivity index (χ1) is 14.5. The predicted molar refractivity (Wildman–Crippen MR) is 125 cm³/mol. The van der Waals surface area contributed by atoms with Gasteiger partial charge in [0.15, 0.2) is 0 Å². The zero-order chi connectivity index (χ0) is 22.4. The molecule has 1 amide bonds. The number of piperidine rings is 1. The molecule has 2 aromatic carbocycles. The molecule has 1 spiro atoms. The standard InChI is InChI=1S/C23H26BrN3O3S/c1-22(2,3)17-6-10-19(11-7-17)31(29,30)27-14-12-23(13-15-27)25-20(21(28)26-23)16-4-8-18(24)9-5-16/h4-11H,12-15H2,1-3H3,(H,26,28). The first-order valence-electron chi connectivity index (χ1n) is 10.3. The molecule has 0 saturated carbocycles. The second kappa shape index (κ2) is 7.83. The summed E-state index contributed by atoms with van der Waals surface area (Å²) >= 11 is 3.39. The molecule has 2 heterocycles. The fourth-order valence-corrected chi connectivity index (χ4v) is 5.68. The zero-order valence-electron chi connectivity index (χ0n) is 17.9. The van der Waals surface area contributed by atoms with Crippen LogP contribution in [0.3, 0.4) is 0 Å². The van der Waals surface area contributed by atoms with E-state index in [9.17, 15) is 13.2 Å². The molecule has 0 unspecified atom stereocenters. The van der Waals surface area contributed by atoms with Gasteiger partial charge in [-0.25, -0.2) is 8.42 Å². The third-order valence-electron chi connectivity index (χ3n) is 5.91. The summed E-state index contributed by atoms with van der Waals surface area (Å²) in [7, 11) is -3.59. The molecule has 0 atom stereocenters. The maximum atomic E-state index is 13.1. The van der Waals surface area contributed by atoms with Crippen LogP contribution >= 0.6 is 15.9 Å². The highest BCUT2D eigenvalue weighted by atomic mass is 79.9. The van der Waals surface area contributed by atoms with Gasteiger partial charge < -0.3 is 5.32 Å². The molecule has 31 heavy (non-hydrogen) atoms. The Hall–Kier alpha value is -2.03. The van der Waals surface area contributed by atoms with E-state index in [1.165, 1.54) is 4.31 Å². The highest BCUT2D eigenvalue weighted by Gasteiger charge is 2.44. The highest BCUT2D eigenvalue weighted by Crippen LogP contribution is 2.32. The average molecular weight is 504 g/mol. The molecule has 6 nitrogen and oxygen atoms in total. The summed E-state index contributed by atoms with van der Waals surface area (Å²) in [5.41, 5.74) is 1.48. The van der Waals surface area contributed by atoms with Gasteiger partial charge in [0.05, 0.1) is 4.90 Å².